The van der Waals surface area contributed by atoms with Crippen LogP contribution in [0.2, 0.25) is 0 Å². The number of amides is 3. The van der Waals surface area contributed by atoms with Crippen molar-refractivity contribution in [2.75, 3.05) is 11.9 Å². The van der Waals surface area contributed by atoms with Crippen molar-refractivity contribution in [3.63, 3.8) is 0 Å². The Kier molecular flexibility index (Phi) is 6.56. The van der Waals surface area contributed by atoms with E-state index < -0.39 is 6.04 Å². The molecule has 0 bridgehead atoms. The maximum atomic E-state index is 11.8. The average Bonchev–Trinajstić information content (AvgIpc) is 2.45. The van der Waals surface area contributed by atoms with Gasteiger partial charge < -0.3 is 16.0 Å². The molecule has 0 aliphatic heterocycles. The van der Waals surface area contributed by atoms with Crippen LogP contribution in [0.1, 0.15) is 32.8 Å². The number of anilines is 1. The van der Waals surface area contributed by atoms with Crippen LogP contribution in [-0.4, -0.2) is 24.5 Å². The molecule has 5 nitrogen and oxygen atoms in total. The Morgan fingerprint density at radius 1 is 1.15 bits per heavy atom. The molecule has 3 amide bonds. The summed E-state index contributed by atoms with van der Waals surface area (Å²) in [6, 6.07) is 6.69. The molecular formula is C15H23N3O2. The van der Waals surface area contributed by atoms with Crippen molar-refractivity contribution in [3.8, 4) is 0 Å². The zero-order valence-corrected chi connectivity index (χ0v) is 12.3. The molecule has 0 saturated carbocycles. The van der Waals surface area contributed by atoms with E-state index in [-0.39, 0.29) is 11.9 Å². The van der Waals surface area contributed by atoms with Crippen LogP contribution in [0.4, 0.5) is 10.5 Å². The summed E-state index contributed by atoms with van der Waals surface area (Å²) in [5.41, 5.74) is 1.92. The highest BCUT2D eigenvalue weighted by Crippen LogP contribution is 2.09. The maximum absolute atomic E-state index is 11.8. The predicted molar refractivity (Wildman–Crippen MR) is 80.7 cm³/mol. The minimum absolute atomic E-state index is 0.177. The fraction of sp³-hybridized carbons (Fsp3) is 0.467. The number of hydrogen-bond donors (Lipinski definition) is 3. The first-order valence-corrected chi connectivity index (χ1v) is 7.01. The lowest BCUT2D eigenvalue weighted by atomic mass is 10.1. The average molecular weight is 277 g/mol. The molecule has 0 fully saturated rings. The lowest BCUT2D eigenvalue weighted by Crippen LogP contribution is -2.46. The second kappa shape index (κ2) is 8.19. The largest absolute Gasteiger partial charge is 0.354 e. The lowest BCUT2D eigenvalue weighted by molar-refractivity contribution is -0.122. The number of urea groups is 1. The van der Waals surface area contributed by atoms with E-state index in [9.17, 15) is 9.59 Å². The van der Waals surface area contributed by atoms with Gasteiger partial charge in [0.15, 0.2) is 0 Å². The molecule has 0 aromatic heterocycles. The normalized spacial score (nSPS) is 11.6. The summed E-state index contributed by atoms with van der Waals surface area (Å²) in [5, 5.41) is 8.04. The number of carbonyl (C=O) groups excluding carboxylic acids is 2. The zero-order chi connectivity index (χ0) is 15.0. The summed E-state index contributed by atoms with van der Waals surface area (Å²) in [6.45, 7) is 6.33. The Labute approximate surface area is 120 Å². The highest BCUT2D eigenvalue weighted by molar-refractivity contribution is 5.93. The molecule has 3 N–H and O–H groups in total. The van der Waals surface area contributed by atoms with Gasteiger partial charge in [0.2, 0.25) is 5.91 Å². The van der Waals surface area contributed by atoms with Crippen LogP contribution in [0.5, 0.6) is 0 Å². The standard InChI is InChI=1S/C15H23N3O2/c1-4-10-16-14(19)11(3)17-15(20)18-13-8-6-12(5-2)7-9-13/h6-9,11H,4-5,10H2,1-3H3,(H,16,19)(H2,17,18,20)/t11-/m1/s1. The molecule has 1 atom stereocenters. The molecule has 0 saturated heterocycles. The van der Waals surface area contributed by atoms with Crippen molar-refractivity contribution in [3.05, 3.63) is 29.8 Å². The monoisotopic (exact) mass is 277 g/mol. The van der Waals surface area contributed by atoms with Crippen molar-refractivity contribution in [2.45, 2.75) is 39.7 Å². The molecule has 0 spiro atoms. The molecule has 0 radical (unpaired) electrons. The van der Waals surface area contributed by atoms with Gasteiger partial charge in [-0.2, -0.15) is 0 Å². The Morgan fingerprint density at radius 2 is 1.80 bits per heavy atom. The quantitative estimate of drug-likeness (QED) is 0.746. The Bertz CT molecular complexity index is 443. The summed E-state index contributed by atoms with van der Waals surface area (Å²) >= 11 is 0. The van der Waals surface area contributed by atoms with Crippen molar-refractivity contribution in [1.29, 1.82) is 0 Å². The van der Waals surface area contributed by atoms with Crippen LogP contribution in [0.3, 0.4) is 0 Å². The van der Waals surface area contributed by atoms with Gasteiger partial charge >= 0.3 is 6.03 Å². The molecule has 0 heterocycles. The van der Waals surface area contributed by atoms with Crippen LogP contribution in [0.15, 0.2) is 24.3 Å². The van der Waals surface area contributed by atoms with E-state index in [0.717, 1.165) is 12.8 Å². The highest BCUT2D eigenvalue weighted by atomic mass is 16.2. The molecule has 1 rings (SSSR count). The minimum Gasteiger partial charge on any atom is -0.354 e. The first-order chi connectivity index (χ1) is 9.56. The van der Waals surface area contributed by atoms with Crippen LogP contribution in [0, 0.1) is 0 Å². The number of hydrogen-bond acceptors (Lipinski definition) is 2. The Balaban J connectivity index is 2.44. The van der Waals surface area contributed by atoms with Gasteiger partial charge in [0.05, 0.1) is 0 Å². The number of benzene rings is 1. The van der Waals surface area contributed by atoms with E-state index in [1.807, 2.05) is 31.2 Å². The third-order valence-corrected chi connectivity index (χ3v) is 2.91. The summed E-state index contributed by atoms with van der Waals surface area (Å²) in [6.07, 6.45) is 1.83. The van der Waals surface area contributed by atoms with Crippen LogP contribution in [-0.2, 0) is 11.2 Å². The lowest BCUT2D eigenvalue weighted by Gasteiger charge is -2.14. The third kappa shape index (κ3) is 5.30. The Morgan fingerprint density at radius 3 is 2.35 bits per heavy atom. The fourth-order valence-corrected chi connectivity index (χ4v) is 1.65. The molecule has 20 heavy (non-hydrogen) atoms. The maximum Gasteiger partial charge on any atom is 0.319 e. The van der Waals surface area contributed by atoms with Crippen molar-refractivity contribution >= 4 is 17.6 Å². The number of rotatable bonds is 6. The van der Waals surface area contributed by atoms with E-state index in [0.29, 0.717) is 12.2 Å². The summed E-state index contributed by atoms with van der Waals surface area (Å²) in [5.74, 6) is -0.177. The highest BCUT2D eigenvalue weighted by Gasteiger charge is 2.14. The van der Waals surface area contributed by atoms with E-state index in [1.165, 1.54) is 5.56 Å². The van der Waals surface area contributed by atoms with Gasteiger partial charge in [-0.05, 0) is 37.5 Å². The second-order valence-electron chi connectivity index (χ2n) is 4.66. The van der Waals surface area contributed by atoms with E-state index in [1.54, 1.807) is 6.92 Å². The van der Waals surface area contributed by atoms with Gasteiger partial charge in [0.25, 0.3) is 0 Å². The smallest absolute Gasteiger partial charge is 0.319 e. The minimum atomic E-state index is -0.559. The number of nitrogens with one attached hydrogen (secondary N) is 3. The van der Waals surface area contributed by atoms with E-state index in [4.69, 9.17) is 0 Å². The molecule has 0 unspecified atom stereocenters. The first kappa shape index (κ1) is 16.0. The zero-order valence-electron chi connectivity index (χ0n) is 12.3. The van der Waals surface area contributed by atoms with E-state index in [2.05, 4.69) is 22.9 Å². The van der Waals surface area contributed by atoms with Gasteiger partial charge in [-0.1, -0.05) is 26.0 Å². The molecule has 0 aliphatic rings. The van der Waals surface area contributed by atoms with Crippen molar-refractivity contribution in [1.82, 2.24) is 10.6 Å². The third-order valence-electron chi connectivity index (χ3n) is 2.91. The topological polar surface area (TPSA) is 70.2 Å². The SMILES string of the molecule is CCCNC(=O)[C@@H](C)NC(=O)Nc1ccc(CC)cc1. The molecule has 0 aliphatic carbocycles. The molecular weight excluding hydrogens is 254 g/mol. The van der Waals surface area contributed by atoms with E-state index >= 15 is 0 Å². The molecule has 5 heteroatoms. The van der Waals surface area contributed by atoms with Gasteiger partial charge in [-0.3, -0.25) is 4.79 Å². The molecule has 1 aromatic rings. The predicted octanol–water partition coefficient (Wildman–Crippen LogP) is 2.29. The molecule has 1 aromatic carbocycles. The van der Waals surface area contributed by atoms with Gasteiger partial charge in [0.1, 0.15) is 6.04 Å². The van der Waals surface area contributed by atoms with Crippen LogP contribution < -0.4 is 16.0 Å². The summed E-state index contributed by atoms with van der Waals surface area (Å²) in [7, 11) is 0. The van der Waals surface area contributed by atoms with Crippen LogP contribution >= 0.6 is 0 Å². The van der Waals surface area contributed by atoms with Crippen molar-refractivity contribution < 1.29 is 9.59 Å². The number of carbonyl (C=O) groups is 2. The summed E-state index contributed by atoms with van der Waals surface area (Å²) in [4.78, 5) is 23.4. The van der Waals surface area contributed by atoms with Gasteiger partial charge in [-0.25, -0.2) is 4.79 Å². The van der Waals surface area contributed by atoms with Gasteiger partial charge in [0, 0.05) is 12.2 Å². The summed E-state index contributed by atoms with van der Waals surface area (Å²) < 4.78 is 0. The van der Waals surface area contributed by atoms with Crippen molar-refractivity contribution in [2.24, 2.45) is 0 Å². The molecule has 110 valence electrons. The van der Waals surface area contributed by atoms with Gasteiger partial charge in [-0.15, -0.1) is 0 Å². The second-order valence-corrected chi connectivity index (χ2v) is 4.66. The Hall–Kier alpha value is -2.04. The first-order valence-electron chi connectivity index (χ1n) is 7.01. The fourth-order valence-electron chi connectivity index (χ4n) is 1.65. The van der Waals surface area contributed by atoms with Crippen LogP contribution in [0.25, 0.3) is 0 Å². The number of aryl methyl sites for hydroxylation is 1.